The largest absolute Gasteiger partial charge is 0.495 e. The summed E-state index contributed by atoms with van der Waals surface area (Å²) in [6.45, 7) is 1.92. The van der Waals surface area contributed by atoms with E-state index in [2.05, 4.69) is 63.7 Å². The normalized spacial score (nSPS) is 20.9. The maximum Gasteiger partial charge on any atom is 0.254 e. The summed E-state index contributed by atoms with van der Waals surface area (Å²) in [6.07, 6.45) is 6.72. The van der Waals surface area contributed by atoms with Crippen LogP contribution < -0.4 is 21.1 Å². The Morgan fingerprint density at radius 3 is 2.64 bits per heavy atom. The average Bonchev–Trinajstić information content (AvgIpc) is 2.79. The van der Waals surface area contributed by atoms with Gasteiger partial charge in [-0.25, -0.2) is 4.98 Å². The summed E-state index contributed by atoms with van der Waals surface area (Å²) in [5.41, 5.74) is 9.27. The van der Waals surface area contributed by atoms with E-state index >= 15 is 0 Å². The van der Waals surface area contributed by atoms with E-state index in [1.807, 2.05) is 0 Å². The van der Waals surface area contributed by atoms with Crippen molar-refractivity contribution in [3.8, 4) is 5.75 Å². The van der Waals surface area contributed by atoms with Crippen LogP contribution in [0.15, 0.2) is 18.3 Å². The summed E-state index contributed by atoms with van der Waals surface area (Å²) in [6, 6.07) is 5.03. The Bertz CT molecular complexity index is 1000. The number of nitrogens with zero attached hydrogens (tertiary/aromatic N) is 4. The molecular formula is C24H35N7O2. The summed E-state index contributed by atoms with van der Waals surface area (Å²) >= 11 is 0. The molecule has 2 aromatic rings. The van der Waals surface area contributed by atoms with Gasteiger partial charge in [-0.15, -0.1) is 0 Å². The summed E-state index contributed by atoms with van der Waals surface area (Å²) in [5, 5.41) is 6.74. The summed E-state index contributed by atoms with van der Waals surface area (Å²) in [4.78, 5) is 25.6. The highest BCUT2D eigenvalue weighted by Gasteiger charge is 2.24. The molecule has 1 aromatic carbocycles. The van der Waals surface area contributed by atoms with E-state index in [1.54, 1.807) is 7.11 Å². The van der Waals surface area contributed by atoms with Crippen LogP contribution in [-0.4, -0.2) is 72.6 Å². The van der Waals surface area contributed by atoms with Crippen LogP contribution in [0.1, 0.15) is 47.2 Å². The van der Waals surface area contributed by atoms with Crippen LogP contribution in [0.3, 0.4) is 0 Å². The SMILES string of the molecule is COc1cc2c(cc1Nc1ncc(C(N)=O)c(N[C@H]3CC[C@@H](N(C)C)CC3)n1)CN(C)CC2. The molecule has 1 saturated carbocycles. The number of ether oxygens (including phenoxy) is 1. The molecule has 2 aliphatic rings. The van der Waals surface area contributed by atoms with E-state index < -0.39 is 5.91 Å². The number of carbonyl (C=O) groups is 1. The van der Waals surface area contributed by atoms with Crippen molar-refractivity contribution in [1.29, 1.82) is 0 Å². The van der Waals surface area contributed by atoms with Gasteiger partial charge in [0.1, 0.15) is 11.6 Å². The highest BCUT2D eigenvalue weighted by atomic mass is 16.5. The lowest BCUT2D eigenvalue weighted by molar-refractivity contribution is 0.100. The number of nitrogens with two attached hydrogens (primary N) is 1. The Morgan fingerprint density at radius 1 is 1.21 bits per heavy atom. The molecule has 9 nitrogen and oxygen atoms in total. The molecule has 0 saturated heterocycles. The van der Waals surface area contributed by atoms with Crippen molar-refractivity contribution < 1.29 is 9.53 Å². The van der Waals surface area contributed by atoms with Crippen molar-refractivity contribution in [2.75, 3.05) is 45.4 Å². The Labute approximate surface area is 195 Å². The van der Waals surface area contributed by atoms with E-state index in [1.165, 1.54) is 17.3 Å². The smallest absolute Gasteiger partial charge is 0.254 e. The zero-order valence-corrected chi connectivity index (χ0v) is 20.0. The number of primary amides is 1. The van der Waals surface area contributed by atoms with Crippen LogP contribution >= 0.6 is 0 Å². The molecule has 0 spiro atoms. The van der Waals surface area contributed by atoms with Crippen LogP contribution in [0.2, 0.25) is 0 Å². The molecule has 2 heterocycles. The van der Waals surface area contributed by atoms with Crippen molar-refractivity contribution >= 4 is 23.4 Å². The quantitative estimate of drug-likeness (QED) is 0.587. The monoisotopic (exact) mass is 453 g/mol. The standard InChI is InChI=1S/C24H35N7O2/c1-30(2)18-7-5-17(6-8-18)27-23-19(22(25)32)13-26-24(29-23)28-20-11-16-14-31(3)10-9-15(16)12-21(20)33-4/h11-13,17-18H,5-10,14H2,1-4H3,(H2,25,32)(H2,26,27,28,29)/t17-,18+. The van der Waals surface area contributed by atoms with E-state index in [9.17, 15) is 4.79 Å². The number of benzene rings is 1. The minimum atomic E-state index is -0.541. The molecule has 0 bridgehead atoms. The number of hydrogen-bond acceptors (Lipinski definition) is 8. The molecule has 0 radical (unpaired) electrons. The topological polar surface area (TPSA) is 109 Å². The second kappa shape index (κ2) is 9.93. The number of amides is 1. The van der Waals surface area contributed by atoms with Gasteiger partial charge in [0.2, 0.25) is 5.95 Å². The summed E-state index contributed by atoms with van der Waals surface area (Å²) < 4.78 is 5.63. The van der Waals surface area contributed by atoms with Gasteiger partial charge in [0.15, 0.2) is 0 Å². The van der Waals surface area contributed by atoms with Crippen LogP contribution in [0.5, 0.6) is 5.75 Å². The summed E-state index contributed by atoms with van der Waals surface area (Å²) in [7, 11) is 8.03. The van der Waals surface area contributed by atoms with Gasteiger partial charge in [-0.2, -0.15) is 4.98 Å². The van der Waals surface area contributed by atoms with Gasteiger partial charge >= 0.3 is 0 Å². The zero-order valence-electron chi connectivity index (χ0n) is 20.0. The van der Waals surface area contributed by atoms with Crippen molar-refractivity contribution in [3.63, 3.8) is 0 Å². The fourth-order valence-electron chi connectivity index (χ4n) is 4.78. The zero-order chi connectivity index (χ0) is 23.5. The lowest BCUT2D eigenvalue weighted by atomic mass is 9.90. The molecule has 4 N–H and O–H groups in total. The molecule has 0 unspecified atom stereocenters. The minimum absolute atomic E-state index is 0.246. The molecule has 178 valence electrons. The second-order valence-corrected chi connectivity index (χ2v) is 9.37. The van der Waals surface area contributed by atoms with E-state index in [0.717, 1.165) is 56.6 Å². The number of hydrogen-bond donors (Lipinski definition) is 3. The number of anilines is 3. The Morgan fingerprint density at radius 2 is 1.97 bits per heavy atom. The second-order valence-electron chi connectivity index (χ2n) is 9.37. The van der Waals surface area contributed by atoms with E-state index in [4.69, 9.17) is 10.5 Å². The minimum Gasteiger partial charge on any atom is -0.495 e. The third-order valence-corrected chi connectivity index (χ3v) is 6.79. The molecule has 1 amide bonds. The Kier molecular flexibility index (Phi) is 6.99. The number of carbonyl (C=O) groups excluding carboxylic acids is 1. The van der Waals surface area contributed by atoms with Crippen LogP contribution in [0, 0.1) is 0 Å². The van der Waals surface area contributed by atoms with Crippen molar-refractivity contribution in [2.45, 2.75) is 50.7 Å². The maximum atomic E-state index is 12.0. The number of rotatable bonds is 7. The Balaban J connectivity index is 1.56. The number of fused-ring (bicyclic) bond motifs is 1. The number of likely N-dealkylation sites (N-methyl/N-ethyl adjacent to an activating group) is 1. The molecule has 9 heteroatoms. The molecule has 4 rings (SSSR count). The lowest BCUT2D eigenvalue weighted by Crippen LogP contribution is -2.36. The van der Waals surface area contributed by atoms with Crippen LogP contribution in [0.4, 0.5) is 17.5 Å². The molecule has 0 atom stereocenters. The third-order valence-electron chi connectivity index (χ3n) is 6.79. The highest BCUT2D eigenvalue weighted by molar-refractivity contribution is 5.97. The molecule has 1 aliphatic heterocycles. The van der Waals surface area contributed by atoms with Crippen LogP contribution in [0.25, 0.3) is 0 Å². The predicted molar refractivity (Wildman–Crippen MR) is 130 cm³/mol. The van der Waals surface area contributed by atoms with Crippen molar-refractivity contribution in [2.24, 2.45) is 5.73 Å². The Hall–Kier alpha value is -2.91. The fourth-order valence-corrected chi connectivity index (χ4v) is 4.78. The van der Waals surface area contributed by atoms with Gasteiger partial charge < -0.3 is 30.9 Å². The van der Waals surface area contributed by atoms with Gasteiger partial charge in [0.05, 0.1) is 18.4 Å². The number of methoxy groups -OCH3 is 1. The number of nitrogens with one attached hydrogen (secondary N) is 2. The summed E-state index contributed by atoms with van der Waals surface area (Å²) in [5.74, 6) is 1.08. The maximum absolute atomic E-state index is 12.0. The van der Waals surface area contributed by atoms with Gasteiger partial charge in [0.25, 0.3) is 5.91 Å². The molecule has 1 aromatic heterocycles. The van der Waals surface area contributed by atoms with Gasteiger partial charge in [-0.1, -0.05) is 0 Å². The first kappa shape index (κ1) is 23.3. The first-order valence-corrected chi connectivity index (χ1v) is 11.6. The van der Waals surface area contributed by atoms with Gasteiger partial charge in [-0.05, 0) is 76.5 Å². The van der Waals surface area contributed by atoms with Gasteiger partial charge in [0, 0.05) is 31.4 Å². The average molecular weight is 454 g/mol. The van der Waals surface area contributed by atoms with Gasteiger partial charge in [-0.3, -0.25) is 4.79 Å². The lowest BCUT2D eigenvalue weighted by Gasteiger charge is -2.33. The van der Waals surface area contributed by atoms with Crippen LogP contribution in [-0.2, 0) is 13.0 Å². The number of aromatic nitrogens is 2. The third kappa shape index (κ3) is 5.36. The predicted octanol–water partition coefficient (Wildman–Crippen LogP) is 2.60. The highest BCUT2D eigenvalue weighted by Crippen LogP contribution is 2.33. The fraction of sp³-hybridized carbons (Fsp3) is 0.542. The first-order chi connectivity index (χ1) is 15.8. The first-order valence-electron chi connectivity index (χ1n) is 11.6. The molecule has 33 heavy (non-hydrogen) atoms. The molecular weight excluding hydrogens is 418 g/mol. The van der Waals surface area contributed by atoms with Crippen molar-refractivity contribution in [3.05, 3.63) is 35.0 Å². The van der Waals surface area contributed by atoms with E-state index in [0.29, 0.717) is 23.4 Å². The molecule has 1 aliphatic carbocycles. The van der Waals surface area contributed by atoms with Crippen molar-refractivity contribution in [1.82, 2.24) is 19.8 Å². The molecule has 1 fully saturated rings. The van der Waals surface area contributed by atoms with E-state index in [-0.39, 0.29) is 6.04 Å².